The first-order valence-corrected chi connectivity index (χ1v) is 10.2. The largest absolute Gasteiger partial charge is 0.443 e. The summed E-state index contributed by atoms with van der Waals surface area (Å²) in [5.74, 6) is 0.104. The molecule has 0 bridgehead atoms. The van der Waals surface area contributed by atoms with Gasteiger partial charge in [0.2, 0.25) is 5.91 Å². The van der Waals surface area contributed by atoms with Gasteiger partial charge in [-0.1, -0.05) is 19.3 Å². The van der Waals surface area contributed by atoms with E-state index < -0.39 is 11.7 Å². The van der Waals surface area contributed by atoms with Crippen molar-refractivity contribution in [2.24, 2.45) is 5.92 Å². The molecule has 2 heterocycles. The fourth-order valence-electron chi connectivity index (χ4n) is 4.39. The maximum absolute atomic E-state index is 12.8. The molecule has 0 aromatic rings. The lowest BCUT2D eigenvalue weighted by Crippen LogP contribution is -2.49. The summed E-state index contributed by atoms with van der Waals surface area (Å²) in [5, 5.41) is 0. The minimum atomic E-state index is -0.625. The monoisotopic (exact) mass is 367 g/mol. The van der Waals surface area contributed by atoms with Gasteiger partial charge in [-0.15, -0.1) is 0 Å². The van der Waals surface area contributed by atoms with Crippen molar-refractivity contribution in [3.8, 4) is 0 Å². The standard InChI is InChI=1S/C20H33NO5/c1-20(2,3)26-19(23)21-16(22)13-15(25-17-11-7-8-12-24-17)18(21)14-9-5-4-6-10-14/h14-15,17-18H,4-13H2,1-3H3/t15-,17-,18?/m0/s1. The van der Waals surface area contributed by atoms with Crippen molar-refractivity contribution in [2.75, 3.05) is 6.61 Å². The molecule has 6 nitrogen and oxygen atoms in total. The average Bonchev–Trinajstić information content (AvgIpc) is 2.91. The number of carbonyl (C=O) groups excluding carboxylic acids is 2. The lowest BCUT2D eigenvalue weighted by atomic mass is 9.82. The number of carbonyl (C=O) groups is 2. The lowest BCUT2D eigenvalue weighted by molar-refractivity contribution is -0.195. The first kappa shape index (κ1) is 19.6. The van der Waals surface area contributed by atoms with Gasteiger partial charge in [0, 0.05) is 6.61 Å². The number of likely N-dealkylation sites (tertiary alicyclic amines) is 1. The molecule has 1 unspecified atom stereocenters. The molecule has 148 valence electrons. The van der Waals surface area contributed by atoms with E-state index in [1.807, 2.05) is 20.8 Å². The summed E-state index contributed by atoms with van der Waals surface area (Å²) in [6.07, 6.45) is 7.71. The van der Waals surface area contributed by atoms with Gasteiger partial charge in [0.25, 0.3) is 0 Å². The molecule has 3 fully saturated rings. The van der Waals surface area contributed by atoms with Crippen molar-refractivity contribution >= 4 is 12.0 Å². The summed E-state index contributed by atoms with van der Waals surface area (Å²) >= 11 is 0. The Morgan fingerprint density at radius 2 is 1.77 bits per heavy atom. The lowest BCUT2D eigenvalue weighted by Gasteiger charge is -2.37. The maximum Gasteiger partial charge on any atom is 0.417 e. The fraction of sp³-hybridized carbons (Fsp3) is 0.900. The van der Waals surface area contributed by atoms with Crippen molar-refractivity contribution < 1.29 is 23.8 Å². The molecule has 2 amide bonds. The van der Waals surface area contributed by atoms with Crippen LogP contribution in [0.3, 0.4) is 0 Å². The number of imide groups is 1. The van der Waals surface area contributed by atoms with E-state index in [1.54, 1.807) is 0 Å². The second-order valence-electron chi connectivity index (χ2n) is 8.81. The molecular formula is C20H33NO5. The SMILES string of the molecule is CC(C)(C)OC(=O)N1C(=O)C[C@H](O[C@H]2CCCCO2)C1C1CCCCC1. The van der Waals surface area contributed by atoms with E-state index in [2.05, 4.69) is 0 Å². The zero-order valence-corrected chi connectivity index (χ0v) is 16.4. The van der Waals surface area contributed by atoms with E-state index in [-0.39, 0.29) is 36.7 Å². The van der Waals surface area contributed by atoms with Crippen LogP contribution in [0.1, 0.15) is 78.6 Å². The quantitative estimate of drug-likeness (QED) is 0.754. The predicted octanol–water partition coefficient (Wildman–Crippen LogP) is 4.01. The van der Waals surface area contributed by atoms with Crippen LogP contribution < -0.4 is 0 Å². The summed E-state index contributed by atoms with van der Waals surface area (Å²) in [7, 11) is 0. The molecule has 0 N–H and O–H groups in total. The Labute approximate surface area is 156 Å². The van der Waals surface area contributed by atoms with E-state index in [9.17, 15) is 9.59 Å². The molecule has 0 radical (unpaired) electrons. The number of amides is 2. The highest BCUT2D eigenvalue weighted by Crippen LogP contribution is 2.38. The Kier molecular flexibility index (Phi) is 6.23. The molecule has 2 aliphatic heterocycles. The molecule has 3 rings (SSSR count). The Bertz CT molecular complexity index is 503. The van der Waals surface area contributed by atoms with Crippen LogP contribution in [-0.4, -0.2) is 47.5 Å². The topological polar surface area (TPSA) is 65.1 Å². The zero-order valence-electron chi connectivity index (χ0n) is 16.4. The van der Waals surface area contributed by atoms with Gasteiger partial charge in [0.05, 0.1) is 18.6 Å². The highest BCUT2D eigenvalue weighted by atomic mass is 16.7. The Balaban J connectivity index is 1.77. The van der Waals surface area contributed by atoms with Gasteiger partial charge in [0.1, 0.15) is 5.60 Å². The summed E-state index contributed by atoms with van der Waals surface area (Å²) < 4.78 is 17.5. The van der Waals surface area contributed by atoms with Crippen molar-refractivity contribution in [3.05, 3.63) is 0 Å². The van der Waals surface area contributed by atoms with Crippen molar-refractivity contribution in [1.82, 2.24) is 4.90 Å². The maximum atomic E-state index is 12.8. The van der Waals surface area contributed by atoms with Crippen molar-refractivity contribution in [2.45, 2.75) is 103 Å². The Hall–Kier alpha value is -1.14. The van der Waals surface area contributed by atoms with E-state index >= 15 is 0 Å². The van der Waals surface area contributed by atoms with Crippen LogP contribution in [0.5, 0.6) is 0 Å². The molecule has 26 heavy (non-hydrogen) atoms. The van der Waals surface area contributed by atoms with E-state index in [1.165, 1.54) is 11.3 Å². The first-order chi connectivity index (χ1) is 12.3. The molecule has 0 spiro atoms. The minimum absolute atomic E-state index is 0.185. The van der Waals surface area contributed by atoms with Crippen LogP contribution in [0.25, 0.3) is 0 Å². The van der Waals surface area contributed by atoms with Gasteiger partial charge in [-0.25, -0.2) is 9.69 Å². The van der Waals surface area contributed by atoms with E-state index in [0.29, 0.717) is 6.61 Å². The van der Waals surface area contributed by atoms with Crippen molar-refractivity contribution in [3.63, 3.8) is 0 Å². The number of nitrogens with zero attached hydrogens (tertiary/aromatic N) is 1. The second-order valence-corrected chi connectivity index (χ2v) is 8.81. The van der Waals surface area contributed by atoms with Crippen molar-refractivity contribution in [1.29, 1.82) is 0 Å². The molecule has 1 saturated carbocycles. The molecule has 3 atom stereocenters. The number of ether oxygens (including phenoxy) is 3. The number of rotatable bonds is 3. The molecule has 0 aromatic carbocycles. The first-order valence-electron chi connectivity index (χ1n) is 10.2. The van der Waals surface area contributed by atoms with Gasteiger partial charge >= 0.3 is 6.09 Å². The van der Waals surface area contributed by atoms with Gasteiger partial charge in [0.15, 0.2) is 6.29 Å². The third kappa shape index (κ3) is 4.77. The predicted molar refractivity (Wildman–Crippen MR) is 96.5 cm³/mol. The van der Waals surface area contributed by atoms with Crippen LogP contribution in [0.4, 0.5) is 4.79 Å². The van der Waals surface area contributed by atoms with Crippen LogP contribution in [-0.2, 0) is 19.0 Å². The van der Waals surface area contributed by atoms with Gasteiger partial charge < -0.3 is 14.2 Å². The summed E-state index contributed by atoms with van der Waals surface area (Å²) in [5.41, 5.74) is -0.625. The summed E-state index contributed by atoms with van der Waals surface area (Å²) in [6.45, 7) is 6.18. The molecule has 3 aliphatic rings. The van der Waals surface area contributed by atoms with Gasteiger partial charge in [-0.2, -0.15) is 0 Å². The average molecular weight is 367 g/mol. The fourth-order valence-corrected chi connectivity index (χ4v) is 4.39. The van der Waals surface area contributed by atoms with Crippen LogP contribution in [0, 0.1) is 5.92 Å². The smallest absolute Gasteiger partial charge is 0.417 e. The van der Waals surface area contributed by atoms with Crippen LogP contribution >= 0.6 is 0 Å². The highest BCUT2D eigenvalue weighted by molar-refractivity contribution is 5.95. The second kappa shape index (κ2) is 8.26. The van der Waals surface area contributed by atoms with Gasteiger partial charge in [-0.05, 0) is 58.8 Å². The number of hydrogen-bond acceptors (Lipinski definition) is 5. The summed E-state index contributed by atoms with van der Waals surface area (Å²) in [4.78, 5) is 26.8. The molecule has 1 aliphatic carbocycles. The summed E-state index contributed by atoms with van der Waals surface area (Å²) in [6, 6.07) is -0.233. The van der Waals surface area contributed by atoms with Crippen LogP contribution in [0.15, 0.2) is 0 Å². The normalized spacial score (nSPS) is 31.3. The molecular weight excluding hydrogens is 334 g/mol. The molecule has 6 heteroatoms. The third-order valence-electron chi connectivity index (χ3n) is 5.51. The van der Waals surface area contributed by atoms with E-state index in [4.69, 9.17) is 14.2 Å². The zero-order chi connectivity index (χ0) is 18.7. The molecule has 2 saturated heterocycles. The Morgan fingerprint density at radius 1 is 1.08 bits per heavy atom. The van der Waals surface area contributed by atoms with Gasteiger partial charge in [-0.3, -0.25) is 4.79 Å². The highest BCUT2D eigenvalue weighted by Gasteiger charge is 2.50. The van der Waals surface area contributed by atoms with Crippen LogP contribution in [0.2, 0.25) is 0 Å². The molecule has 0 aromatic heterocycles. The third-order valence-corrected chi connectivity index (χ3v) is 5.51. The minimum Gasteiger partial charge on any atom is -0.443 e. The number of hydrogen-bond donors (Lipinski definition) is 0. The Morgan fingerprint density at radius 3 is 2.38 bits per heavy atom. The van der Waals surface area contributed by atoms with E-state index in [0.717, 1.165) is 44.9 Å².